The molecular weight excluding hydrogens is 193 g/mol. The highest BCUT2D eigenvalue weighted by molar-refractivity contribution is 5.27. The van der Waals surface area contributed by atoms with E-state index in [0.717, 1.165) is 5.76 Å². The normalized spacial score (nSPS) is 12.7. The largest absolute Gasteiger partial charge is 0.464 e. The van der Waals surface area contributed by atoms with Crippen molar-refractivity contribution in [1.29, 1.82) is 0 Å². The Balaban J connectivity index is 2.32. The molecule has 1 atom stereocenters. The number of halogens is 1. The fourth-order valence-electron chi connectivity index (χ4n) is 1.48. The van der Waals surface area contributed by atoms with Gasteiger partial charge in [0.05, 0.1) is 6.04 Å². The lowest BCUT2D eigenvalue weighted by Crippen LogP contribution is -2.10. The lowest BCUT2D eigenvalue weighted by Gasteiger charge is -2.08. The third-order valence-corrected chi connectivity index (χ3v) is 2.28. The SMILES string of the molecule is Cc1ccc(C(N)c2cccc(F)c2)o1. The van der Waals surface area contributed by atoms with Crippen LogP contribution in [-0.2, 0) is 0 Å². The summed E-state index contributed by atoms with van der Waals surface area (Å²) in [5, 5.41) is 0. The van der Waals surface area contributed by atoms with Gasteiger partial charge in [0.15, 0.2) is 0 Å². The summed E-state index contributed by atoms with van der Waals surface area (Å²) in [5.74, 6) is 1.17. The second-order valence-electron chi connectivity index (χ2n) is 3.48. The van der Waals surface area contributed by atoms with Crippen molar-refractivity contribution in [2.75, 3.05) is 0 Å². The molecule has 2 N–H and O–H groups in total. The molecule has 2 aromatic rings. The lowest BCUT2D eigenvalue weighted by molar-refractivity contribution is 0.465. The summed E-state index contributed by atoms with van der Waals surface area (Å²) in [6, 6.07) is 9.48. The van der Waals surface area contributed by atoms with Gasteiger partial charge in [-0.2, -0.15) is 0 Å². The molecule has 1 unspecified atom stereocenters. The minimum Gasteiger partial charge on any atom is -0.464 e. The summed E-state index contributed by atoms with van der Waals surface area (Å²) in [7, 11) is 0. The molecule has 78 valence electrons. The Bertz CT molecular complexity index is 464. The van der Waals surface area contributed by atoms with Gasteiger partial charge in [-0.1, -0.05) is 12.1 Å². The number of hydrogen-bond donors (Lipinski definition) is 1. The molecule has 0 spiro atoms. The van der Waals surface area contributed by atoms with Crippen LogP contribution < -0.4 is 5.73 Å². The van der Waals surface area contributed by atoms with Crippen LogP contribution in [0.1, 0.15) is 23.1 Å². The molecule has 0 aliphatic rings. The van der Waals surface area contributed by atoms with Crippen molar-refractivity contribution in [2.45, 2.75) is 13.0 Å². The van der Waals surface area contributed by atoms with Crippen LogP contribution in [0.5, 0.6) is 0 Å². The molecule has 0 amide bonds. The van der Waals surface area contributed by atoms with Crippen molar-refractivity contribution in [2.24, 2.45) is 5.73 Å². The molecule has 0 radical (unpaired) electrons. The molecule has 1 aromatic heterocycles. The first-order valence-electron chi connectivity index (χ1n) is 4.74. The fraction of sp³-hybridized carbons (Fsp3) is 0.167. The maximum Gasteiger partial charge on any atom is 0.125 e. The van der Waals surface area contributed by atoms with Crippen molar-refractivity contribution < 1.29 is 8.81 Å². The summed E-state index contributed by atoms with van der Waals surface area (Å²) < 4.78 is 18.4. The third kappa shape index (κ3) is 2.07. The van der Waals surface area contributed by atoms with Crippen LogP contribution >= 0.6 is 0 Å². The first kappa shape index (κ1) is 9.93. The molecule has 0 saturated carbocycles. The first-order valence-corrected chi connectivity index (χ1v) is 4.74. The quantitative estimate of drug-likeness (QED) is 0.818. The van der Waals surface area contributed by atoms with E-state index >= 15 is 0 Å². The van der Waals surface area contributed by atoms with E-state index in [4.69, 9.17) is 10.2 Å². The van der Waals surface area contributed by atoms with Gasteiger partial charge in [-0.05, 0) is 36.8 Å². The van der Waals surface area contributed by atoms with E-state index in [2.05, 4.69) is 0 Å². The van der Waals surface area contributed by atoms with Gasteiger partial charge in [-0.3, -0.25) is 0 Å². The summed E-state index contributed by atoms with van der Waals surface area (Å²) in [6.07, 6.45) is 0. The van der Waals surface area contributed by atoms with Crippen LogP contribution in [0.3, 0.4) is 0 Å². The smallest absolute Gasteiger partial charge is 0.125 e. The van der Waals surface area contributed by atoms with E-state index in [1.807, 2.05) is 19.1 Å². The van der Waals surface area contributed by atoms with Gasteiger partial charge < -0.3 is 10.2 Å². The van der Waals surface area contributed by atoms with Crippen LogP contribution in [-0.4, -0.2) is 0 Å². The van der Waals surface area contributed by atoms with Crippen LogP contribution in [0.25, 0.3) is 0 Å². The zero-order valence-electron chi connectivity index (χ0n) is 8.41. The van der Waals surface area contributed by atoms with Crippen LogP contribution in [0.2, 0.25) is 0 Å². The van der Waals surface area contributed by atoms with Crippen LogP contribution in [0.4, 0.5) is 4.39 Å². The van der Waals surface area contributed by atoms with Gasteiger partial charge in [-0.15, -0.1) is 0 Å². The number of nitrogens with two attached hydrogens (primary N) is 1. The average molecular weight is 205 g/mol. The van der Waals surface area contributed by atoms with Crippen molar-refractivity contribution in [3.8, 4) is 0 Å². The van der Waals surface area contributed by atoms with Gasteiger partial charge >= 0.3 is 0 Å². The van der Waals surface area contributed by atoms with Crippen molar-refractivity contribution in [1.82, 2.24) is 0 Å². The minimum absolute atomic E-state index is 0.286. The van der Waals surface area contributed by atoms with Gasteiger partial charge in [0.1, 0.15) is 17.3 Å². The van der Waals surface area contributed by atoms with Crippen molar-refractivity contribution in [3.63, 3.8) is 0 Å². The van der Waals surface area contributed by atoms with Crippen molar-refractivity contribution >= 4 is 0 Å². The zero-order chi connectivity index (χ0) is 10.8. The molecule has 0 aliphatic heterocycles. The fourth-order valence-corrected chi connectivity index (χ4v) is 1.48. The Labute approximate surface area is 87.5 Å². The number of furan rings is 1. The molecule has 0 fully saturated rings. The van der Waals surface area contributed by atoms with E-state index in [-0.39, 0.29) is 5.82 Å². The van der Waals surface area contributed by atoms with Crippen molar-refractivity contribution in [3.05, 3.63) is 59.3 Å². The summed E-state index contributed by atoms with van der Waals surface area (Å²) in [5.41, 5.74) is 6.65. The molecule has 0 saturated heterocycles. The third-order valence-electron chi connectivity index (χ3n) is 2.28. The summed E-state index contributed by atoms with van der Waals surface area (Å²) >= 11 is 0. The first-order chi connectivity index (χ1) is 7.16. The summed E-state index contributed by atoms with van der Waals surface area (Å²) in [6.45, 7) is 1.85. The van der Waals surface area contributed by atoms with E-state index < -0.39 is 6.04 Å². The van der Waals surface area contributed by atoms with Gasteiger partial charge in [0.2, 0.25) is 0 Å². The molecule has 0 bridgehead atoms. The Morgan fingerprint density at radius 2 is 2.07 bits per heavy atom. The van der Waals surface area contributed by atoms with E-state index in [0.29, 0.717) is 11.3 Å². The number of hydrogen-bond acceptors (Lipinski definition) is 2. The van der Waals surface area contributed by atoms with Crippen LogP contribution in [0, 0.1) is 12.7 Å². The maximum atomic E-state index is 13.0. The second kappa shape index (κ2) is 3.87. The van der Waals surface area contributed by atoms with Crippen LogP contribution in [0.15, 0.2) is 40.8 Å². The monoisotopic (exact) mass is 205 g/mol. The Hall–Kier alpha value is -1.61. The molecule has 0 aliphatic carbocycles. The molecule has 2 nitrogen and oxygen atoms in total. The number of rotatable bonds is 2. The Morgan fingerprint density at radius 3 is 2.67 bits per heavy atom. The lowest BCUT2D eigenvalue weighted by atomic mass is 10.1. The van der Waals surface area contributed by atoms with Gasteiger partial charge in [-0.25, -0.2) is 4.39 Å². The molecule has 3 heteroatoms. The Kier molecular flexibility index (Phi) is 2.56. The minimum atomic E-state index is -0.408. The predicted molar refractivity (Wildman–Crippen MR) is 55.9 cm³/mol. The zero-order valence-corrected chi connectivity index (χ0v) is 8.41. The van der Waals surface area contributed by atoms with Gasteiger partial charge in [0, 0.05) is 0 Å². The predicted octanol–water partition coefficient (Wildman–Crippen LogP) is 2.78. The number of aryl methyl sites for hydroxylation is 1. The highest BCUT2D eigenvalue weighted by atomic mass is 19.1. The van der Waals surface area contributed by atoms with E-state index in [1.54, 1.807) is 12.1 Å². The van der Waals surface area contributed by atoms with E-state index in [9.17, 15) is 4.39 Å². The molecule has 15 heavy (non-hydrogen) atoms. The molecule has 1 aromatic carbocycles. The van der Waals surface area contributed by atoms with E-state index in [1.165, 1.54) is 12.1 Å². The topological polar surface area (TPSA) is 39.2 Å². The molecule has 2 rings (SSSR count). The Morgan fingerprint density at radius 1 is 1.27 bits per heavy atom. The highest BCUT2D eigenvalue weighted by Gasteiger charge is 2.12. The van der Waals surface area contributed by atoms with Gasteiger partial charge in [0.25, 0.3) is 0 Å². The summed E-state index contributed by atoms with van der Waals surface area (Å²) in [4.78, 5) is 0. The number of benzene rings is 1. The molecule has 1 heterocycles. The maximum absolute atomic E-state index is 13.0. The molecular formula is C12H12FNO. The standard InChI is InChI=1S/C12H12FNO/c1-8-5-6-11(15-8)12(14)9-3-2-4-10(13)7-9/h2-7,12H,14H2,1H3. The average Bonchev–Trinajstić information content (AvgIpc) is 2.64. The second-order valence-corrected chi connectivity index (χ2v) is 3.48. The highest BCUT2D eigenvalue weighted by Crippen LogP contribution is 2.21.